The quantitative estimate of drug-likeness (QED) is 0.922. The zero-order valence-electron chi connectivity index (χ0n) is 12.1. The third-order valence-electron chi connectivity index (χ3n) is 3.82. The normalized spacial score (nSPS) is 22.3. The lowest BCUT2D eigenvalue weighted by molar-refractivity contribution is 0.0733. The van der Waals surface area contributed by atoms with Crippen LogP contribution in [0.25, 0.3) is 0 Å². The van der Waals surface area contributed by atoms with E-state index in [1.165, 1.54) is 0 Å². The molecule has 1 aliphatic heterocycles. The van der Waals surface area contributed by atoms with E-state index in [-0.39, 0.29) is 6.04 Å². The zero-order valence-corrected chi connectivity index (χ0v) is 13.0. The number of aliphatic hydroxyl groups excluding tert-OH is 1. The average Bonchev–Trinajstić information content (AvgIpc) is 2.37. The summed E-state index contributed by atoms with van der Waals surface area (Å²) < 4.78 is 5.47. The maximum atomic E-state index is 10.8. The second kappa shape index (κ2) is 6.16. The topological polar surface area (TPSA) is 32.7 Å². The minimum Gasteiger partial charge on any atom is -0.496 e. The predicted octanol–water partition coefficient (Wildman–Crippen LogP) is 2.39. The molecule has 1 N–H and O–H groups in total. The van der Waals surface area contributed by atoms with Gasteiger partial charge in [-0.1, -0.05) is 6.07 Å². The summed E-state index contributed by atoms with van der Waals surface area (Å²) in [6, 6.07) is 4.27. The number of benzene rings is 1. The molecule has 1 aromatic rings. The summed E-state index contributed by atoms with van der Waals surface area (Å²) in [6.45, 7) is 5.12. The Morgan fingerprint density at radius 3 is 2.79 bits per heavy atom. The van der Waals surface area contributed by atoms with E-state index in [4.69, 9.17) is 4.74 Å². The van der Waals surface area contributed by atoms with Crippen molar-refractivity contribution in [2.75, 3.05) is 32.2 Å². The highest BCUT2D eigenvalue weighted by atomic mass is 32.2. The molecule has 106 valence electrons. The van der Waals surface area contributed by atoms with Crippen LogP contribution < -0.4 is 4.74 Å². The molecule has 2 rings (SSSR count). The van der Waals surface area contributed by atoms with Crippen LogP contribution in [0.2, 0.25) is 0 Å². The van der Waals surface area contributed by atoms with Crippen LogP contribution >= 0.6 is 11.8 Å². The summed E-state index contributed by atoms with van der Waals surface area (Å²) >= 11 is 1.91. The van der Waals surface area contributed by atoms with Crippen LogP contribution in [0.4, 0.5) is 0 Å². The largest absolute Gasteiger partial charge is 0.496 e. The number of thioether (sulfide) groups is 1. The van der Waals surface area contributed by atoms with Crippen LogP contribution in [0.3, 0.4) is 0 Å². The van der Waals surface area contributed by atoms with E-state index in [1.807, 2.05) is 31.7 Å². The Bertz CT molecular complexity index is 450. The molecule has 0 radical (unpaired) electrons. The molecule has 0 bridgehead atoms. The second-order valence-electron chi connectivity index (χ2n) is 5.27. The molecular weight excluding hydrogens is 258 g/mol. The summed E-state index contributed by atoms with van der Waals surface area (Å²) in [5.41, 5.74) is 3.21. The van der Waals surface area contributed by atoms with E-state index >= 15 is 0 Å². The van der Waals surface area contributed by atoms with Crippen LogP contribution in [-0.2, 0) is 0 Å². The molecule has 1 fully saturated rings. The van der Waals surface area contributed by atoms with E-state index < -0.39 is 6.10 Å². The van der Waals surface area contributed by atoms with E-state index in [0.29, 0.717) is 0 Å². The number of aryl methyl sites for hydroxylation is 2. The summed E-state index contributed by atoms with van der Waals surface area (Å²) in [5, 5.41) is 10.8. The van der Waals surface area contributed by atoms with Gasteiger partial charge in [0.15, 0.2) is 0 Å². The van der Waals surface area contributed by atoms with Crippen LogP contribution in [0.15, 0.2) is 12.1 Å². The lowest BCUT2D eigenvalue weighted by atomic mass is 9.95. The summed E-state index contributed by atoms with van der Waals surface area (Å²) in [4.78, 5) is 2.25. The van der Waals surface area contributed by atoms with Crippen molar-refractivity contribution >= 4 is 11.8 Å². The minimum absolute atomic E-state index is 0.161. The number of rotatable bonds is 3. The maximum Gasteiger partial charge on any atom is 0.125 e. The molecule has 2 unspecified atom stereocenters. The lowest BCUT2D eigenvalue weighted by Crippen LogP contribution is -2.43. The first kappa shape index (κ1) is 14.7. The van der Waals surface area contributed by atoms with Gasteiger partial charge in [0.2, 0.25) is 0 Å². The van der Waals surface area contributed by atoms with Crippen molar-refractivity contribution in [1.82, 2.24) is 4.90 Å². The summed E-state index contributed by atoms with van der Waals surface area (Å²) in [6.07, 6.45) is -0.492. The molecule has 4 heteroatoms. The fraction of sp³-hybridized carbons (Fsp3) is 0.600. The number of hydrogen-bond donors (Lipinski definition) is 1. The molecular formula is C15H23NO2S. The Morgan fingerprint density at radius 2 is 2.16 bits per heavy atom. The van der Waals surface area contributed by atoms with Gasteiger partial charge >= 0.3 is 0 Å². The molecule has 1 heterocycles. The fourth-order valence-corrected chi connectivity index (χ4v) is 3.98. The molecule has 0 spiro atoms. The van der Waals surface area contributed by atoms with Crippen LogP contribution in [0.5, 0.6) is 5.75 Å². The van der Waals surface area contributed by atoms with Crippen molar-refractivity contribution in [2.24, 2.45) is 0 Å². The third-order valence-corrected chi connectivity index (χ3v) is 4.86. The van der Waals surface area contributed by atoms with E-state index in [0.717, 1.165) is 40.5 Å². The number of likely N-dealkylation sites (N-methyl/N-ethyl adjacent to an activating group) is 1. The molecule has 0 aromatic heterocycles. The molecule has 1 saturated heterocycles. The van der Waals surface area contributed by atoms with Gasteiger partial charge in [-0.2, -0.15) is 11.8 Å². The van der Waals surface area contributed by atoms with Gasteiger partial charge in [0.05, 0.1) is 13.2 Å². The van der Waals surface area contributed by atoms with Gasteiger partial charge < -0.3 is 9.84 Å². The Morgan fingerprint density at radius 1 is 1.42 bits per heavy atom. The Labute approximate surface area is 120 Å². The highest BCUT2D eigenvalue weighted by Gasteiger charge is 2.30. The highest BCUT2D eigenvalue weighted by Crippen LogP contribution is 2.35. The Hall–Kier alpha value is -0.710. The first-order valence-corrected chi connectivity index (χ1v) is 7.81. The monoisotopic (exact) mass is 281 g/mol. The van der Waals surface area contributed by atoms with Crippen LogP contribution in [0.1, 0.15) is 22.8 Å². The first-order valence-electron chi connectivity index (χ1n) is 6.65. The summed E-state index contributed by atoms with van der Waals surface area (Å²) in [5.74, 6) is 2.91. The van der Waals surface area contributed by atoms with E-state index in [2.05, 4.69) is 18.0 Å². The van der Waals surface area contributed by atoms with Gasteiger partial charge in [0.1, 0.15) is 5.75 Å². The molecule has 3 nitrogen and oxygen atoms in total. The van der Waals surface area contributed by atoms with Crippen LogP contribution in [0, 0.1) is 13.8 Å². The van der Waals surface area contributed by atoms with Gasteiger partial charge in [-0.15, -0.1) is 0 Å². The standard InChI is InChI=1S/C15H23NO2S/c1-10-7-11(2)14(13(8-10)18-4)15(17)12-9-19-6-5-16(12)3/h7-8,12,15,17H,5-6,9H2,1-4H3. The van der Waals surface area contributed by atoms with Gasteiger partial charge in [-0.3, -0.25) is 4.90 Å². The second-order valence-corrected chi connectivity index (χ2v) is 6.42. The molecule has 19 heavy (non-hydrogen) atoms. The third kappa shape index (κ3) is 3.07. The predicted molar refractivity (Wildman–Crippen MR) is 81.2 cm³/mol. The van der Waals surface area contributed by atoms with E-state index in [1.54, 1.807) is 7.11 Å². The van der Waals surface area contributed by atoms with Crippen molar-refractivity contribution in [2.45, 2.75) is 26.0 Å². The van der Waals surface area contributed by atoms with E-state index in [9.17, 15) is 5.11 Å². The van der Waals surface area contributed by atoms with Crippen molar-refractivity contribution in [3.63, 3.8) is 0 Å². The van der Waals surface area contributed by atoms with Crippen molar-refractivity contribution in [3.8, 4) is 5.75 Å². The maximum absolute atomic E-state index is 10.8. The Balaban J connectivity index is 2.34. The lowest BCUT2D eigenvalue weighted by Gasteiger charge is -2.36. The minimum atomic E-state index is -0.492. The highest BCUT2D eigenvalue weighted by molar-refractivity contribution is 7.99. The van der Waals surface area contributed by atoms with Gasteiger partial charge in [-0.05, 0) is 38.1 Å². The van der Waals surface area contributed by atoms with Crippen LogP contribution in [-0.4, -0.2) is 48.3 Å². The number of ether oxygens (including phenoxy) is 1. The zero-order chi connectivity index (χ0) is 14.0. The van der Waals surface area contributed by atoms with Gasteiger partial charge in [0, 0.05) is 29.7 Å². The molecule has 0 amide bonds. The summed E-state index contributed by atoms with van der Waals surface area (Å²) in [7, 11) is 3.76. The van der Waals surface area contributed by atoms with Gasteiger partial charge in [-0.25, -0.2) is 0 Å². The Kier molecular flexibility index (Phi) is 4.76. The van der Waals surface area contributed by atoms with Crippen molar-refractivity contribution < 1.29 is 9.84 Å². The number of hydrogen-bond acceptors (Lipinski definition) is 4. The molecule has 2 atom stereocenters. The molecule has 1 aliphatic rings. The smallest absolute Gasteiger partial charge is 0.125 e. The van der Waals surface area contributed by atoms with Crippen molar-refractivity contribution in [3.05, 3.63) is 28.8 Å². The number of methoxy groups -OCH3 is 1. The number of aliphatic hydroxyl groups is 1. The molecule has 1 aromatic carbocycles. The van der Waals surface area contributed by atoms with Gasteiger partial charge in [0.25, 0.3) is 0 Å². The average molecular weight is 281 g/mol. The molecule has 0 aliphatic carbocycles. The number of nitrogens with zero attached hydrogens (tertiary/aromatic N) is 1. The molecule has 0 saturated carbocycles. The van der Waals surface area contributed by atoms with Crippen molar-refractivity contribution in [1.29, 1.82) is 0 Å². The fourth-order valence-electron chi connectivity index (χ4n) is 2.72. The first-order chi connectivity index (χ1) is 9.04. The SMILES string of the molecule is COc1cc(C)cc(C)c1C(O)C1CSCCN1C.